The van der Waals surface area contributed by atoms with Crippen LogP contribution in [0.1, 0.15) is 27.4 Å². The maximum Gasteiger partial charge on any atom is 0.244 e. The molecule has 1 aliphatic rings. The molecule has 0 radical (unpaired) electrons. The average molecular weight is 358 g/mol. The number of carbonyl (C=O) groups excluding carboxylic acids is 1. The second kappa shape index (κ2) is 6.31. The normalized spacial score (nSPS) is 15.6. The summed E-state index contributed by atoms with van der Waals surface area (Å²) in [6.07, 6.45) is 3.23. The van der Waals surface area contributed by atoms with Gasteiger partial charge in [-0.3, -0.25) is 10.1 Å². The third-order valence-electron chi connectivity index (χ3n) is 4.40. The minimum atomic E-state index is -1.34. The molecule has 2 aromatic heterocycles. The Morgan fingerprint density at radius 3 is 2.70 bits per heavy atom. The van der Waals surface area contributed by atoms with Crippen molar-refractivity contribution < 1.29 is 14.6 Å². The Morgan fingerprint density at radius 2 is 2.00 bits per heavy atom. The van der Waals surface area contributed by atoms with E-state index in [9.17, 15) is 15.2 Å². The summed E-state index contributed by atoms with van der Waals surface area (Å²) in [4.78, 5) is 15.6. The molecule has 0 unspecified atom stereocenters. The number of ether oxygens (including phenoxy) is 1. The third-order valence-corrected chi connectivity index (χ3v) is 4.40. The van der Waals surface area contributed by atoms with E-state index < -0.39 is 11.9 Å². The van der Waals surface area contributed by atoms with Crippen LogP contribution in [0.25, 0.3) is 11.3 Å². The van der Waals surface area contributed by atoms with Crippen LogP contribution in [0.3, 0.4) is 0 Å². The van der Waals surface area contributed by atoms with Crippen molar-refractivity contribution in [2.45, 2.75) is 5.92 Å². The van der Waals surface area contributed by atoms with E-state index in [4.69, 9.17) is 10.5 Å². The van der Waals surface area contributed by atoms with Gasteiger partial charge in [-0.25, -0.2) is 0 Å². The van der Waals surface area contributed by atoms with Crippen LogP contribution in [0.2, 0.25) is 0 Å². The fourth-order valence-electron chi connectivity index (χ4n) is 3.23. The van der Waals surface area contributed by atoms with E-state index in [1.807, 2.05) is 6.07 Å². The maximum absolute atomic E-state index is 11.6. The Morgan fingerprint density at radius 1 is 1.26 bits per heavy atom. The first kappa shape index (κ1) is 16.4. The molecule has 1 atom stereocenters. The number of H-pyrrole nitrogens is 1. The number of benzene rings is 1. The second-order valence-electron chi connectivity index (χ2n) is 5.85. The van der Waals surface area contributed by atoms with Crippen molar-refractivity contribution in [3.8, 4) is 23.2 Å². The first-order chi connectivity index (χ1) is 13.1. The number of fused-ring (bicyclic) bond motifs is 1. The lowest BCUT2D eigenvalue weighted by Gasteiger charge is -2.26. The van der Waals surface area contributed by atoms with Crippen molar-refractivity contribution in [1.82, 2.24) is 15.2 Å². The van der Waals surface area contributed by atoms with E-state index in [0.717, 1.165) is 5.56 Å². The Balaban J connectivity index is 2.01. The zero-order chi connectivity index (χ0) is 19.0. The number of nitrogens with two attached hydrogens (primary N) is 1. The highest BCUT2D eigenvalue weighted by Crippen LogP contribution is 2.46. The van der Waals surface area contributed by atoms with Gasteiger partial charge in [-0.15, -0.1) is 5.10 Å². The van der Waals surface area contributed by atoms with Gasteiger partial charge in [-0.1, -0.05) is 24.3 Å². The molecular weight excluding hydrogens is 346 g/mol. The van der Waals surface area contributed by atoms with Crippen molar-refractivity contribution in [1.29, 1.82) is 5.26 Å². The number of carbonyl (C=O) groups is 1. The van der Waals surface area contributed by atoms with Crippen molar-refractivity contribution in [2.24, 2.45) is 5.73 Å². The van der Waals surface area contributed by atoms with Crippen molar-refractivity contribution >= 4 is 5.97 Å². The van der Waals surface area contributed by atoms with Gasteiger partial charge in [-0.2, -0.15) is 5.26 Å². The van der Waals surface area contributed by atoms with E-state index in [2.05, 4.69) is 15.2 Å². The number of nitrogens with zero attached hydrogens (tertiary/aromatic N) is 3. The molecule has 1 aliphatic heterocycles. The predicted octanol–water partition coefficient (Wildman–Crippen LogP) is 1.05. The van der Waals surface area contributed by atoms with E-state index in [0.29, 0.717) is 16.8 Å². The molecule has 3 N–H and O–H groups in total. The highest BCUT2D eigenvalue weighted by molar-refractivity contribution is 5.89. The number of pyridine rings is 1. The molecule has 0 saturated heterocycles. The van der Waals surface area contributed by atoms with Gasteiger partial charge in [0.25, 0.3) is 0 Å². The van der Waals surface area contributed by atoms with Gasteiger partial charge in [0.2, 0.25) is 11.8 Å². The van der Waals surface area contributed by atoms with Gasteiger partial charge in [0.1, 0.15) is 11.6 Å². The zero-order valence-electron chi connectivity index (χ0n) is 13.8. The first-order valence-corrected chi connectivity index (χ1v) is 7.98. The lowest BCUT2D eigenvalue weighted by molar-refractivity contribution is -0.255. The van der Waals surface area contributed by atoms with E-state index >= 15 is 0 Å². The van der Waals surface area contributed by atoms with Gasteiger partial charge in [-0.05, 0) is 17.7 Å². The molecule has 3 aromatic rings. The molecule has 132 valence electrons. The number of rotatable bonds is 3. The van der Waals surface area contributed by atoms with Crippen LogP contribution in [0.4, 0.5) is 0 Å². The molecule has 0 fully saturated rings. The molecule has 27 heavy (non-hydrogen) atoms. The smallest absolute Gasteiger partial charge is 0.244 e. The summed E-state index contributed by atoms with van der Waals surface area (Å²) in [5, 5.41) is 28.4. The minimum absolute atomic E-state index is 0.0298. The number of nitrogens with one attached hydrogen (secondary N) is 1. The number of nitriles is 1. The standard InChI is InChI=1S/C19H13N5O3/c20-9-13-14(11-3-1-2-4-12(11)19(25)26)15-16(10-5-7-22-8-6-10)23-24-18(15)27-17(13)21/h1-8,14H,21H2,(H,23,24)(H,25,26)/p-1/t14-/m0/s1. The van der Waals surface area contributed by atoms with Crippen LogP contribution in [-0.4, -0.2) is 21.2 Å². The number of allylic oxidation sites excluding steroid dienone is 1. The van der Waals surface area contributed by atoms with Crippen LogP contribution >= 0.6 is 0 Å². The minimum Gasteiger partial charge on any atom is -0.545 e. The number of hydrogen-bond donors (Lipinski definition) is 2. The molecule has 4 rings (SSSR count). The SMILES string of the molecule is N#CC1=C(N)Oc2n[nH]c(-c3ccncc3)c2[C@H]1c1ccccc1C(=O)[O-]. The fraction of sp³-hybridized carbons (Fsp3) is 0.0526. The number of carboxylic acid groups (broad SMARTS) is 1. The molecule has 1 aromatic carbocycles. The Bertz CT molecular complexity index is 1110. The number of aromatic carboxylic acids is 1. The summed E-state index contributed by atoms with van der Waals surface area (Å²) in [5.74, 6) is -2.04. The van der Waals surface area contributed by atoms with Crippen molar-refractivity contribution in [3.63, 3.8) is 0 Å². The monoisotopic (exact) mass is 358 g/mol. The summed E-state index contributed by atoms with van der Waals surface area (Å²) in [6, 6.07) is 11.9. The molecule has 0 bridgehead atoms. The highest BCUT2D eigenvalue weighted by Gasteiger charge is 2.36. The van der Waals surface area contributed by atoms with E-state index in [1.54, 1.807) is 42.7 Å². The summed E-state index contributed by atoms with van der Waals surface area (Å²) in [7, 11) is 0. The second-order valence-corrected chi connectivity index (χ2v) is 5.85. The topological polar surface area (TPSA) is 141 Å². The molecule has 0 amide bonds. The van der Waals surface area contributed by atoms with Gasteiger partial charge in [0.15, 0.2) is 0 Å². The van der Waals surface area contributed by atoms with E-state index in [1.165, 1.54) is 6.07 Å². The maximum atomic E-state index is 11.6. The zero-order valence-corrected chi connectivity index (χ0v) is 13.8. The molecule has 0 spiro atoms. The predicted molar refractivity (Wildman–Crippen MR) is 91.9 cm³/mol. The number of aromatic amines is 1. The Hall–Kier alpha value is -4.12. The fourth-order valence-corrected chi connectivity index (χ4v) is 3.23. The molecular formula is C19H12N5O3-. The highest BCUT2D eigenvalue weighted by atomic mass is 16.5. The van der Waals surface area contributed by atoms with Crippen LogP contribution in [0.5, 0.6) is 5.88 Å². The summed E-state index contributed by atoms with van der Waals surface area (Å²) >= 11 is 0. The van der Waals surface area contributed by atoms with E-state index in [-0.39, 0.29) is 22.9 Å². The van der Waals surface area contributed by atoms with Crippen LogP contribution in [0, 0.1) is 11.3 Å². The Labute approximate surface area is 153 Å². The van der Waals surface area contributed by atoms with Gasteiger partial charge in [0, 0.05) is 23.5 Å². The largest absolute Gasteiger partial charge is 0.545 e. The molecule has 8 nitrogen and oxygen atoms in total. The lowest BCUT2D eigenvalue weighted by atomic mass is 9.81. The summed E-state index contributed by atoms with van der Waals surface area (Å²) < 4.78 is 5.50. The quantitative estimate of drug-likeness (QED) is 0.713. The van der Waals surface area contributed by atoms with Gasteiger partial charge in [0.05, 0.1) is 23.1 Å². The number of hydrogen-bond acceptors (Lipinski definition) is 7. The first-order valence-electron chi connectivity index (χ1n) is 7.98. The molecule has 3 heterocycles. The Kier molecular flexibility index (Phi) is 3.82. The average Bonchev–Trinajstić information content (AvgIpc) is 3.10. The molecule has 0 aliphatic carbocycles. The van der Waals surface area contributed by atoms with Crippen LogP contribution in [-0.2, 0) is 0 Å². The molecule has 0 saturated carbocycles. The summed E-state index contributed by atoms with van der Waals surface area (Å²) in [5.41, 5.74) is 8.24. The van der Waals surface area contributed by atoms with Crippen LogP contribution < -0.4 is 15.6 Å². The number of aromatic nitrogens is 3. The van der Waals surface area contributed by atoms with Gasteiger partial charge >= 0.3 is 0 Å². The lowest BCUT2D eigenvalue weighted by Crippen LogP contribution is -2.27. The van der Waals surface area contributed by atoms with Crippen LogP contribution in [0.15, 0.2) is 60.2 Å². The third kappa shape index (κ3) is 2.58. The number of carboxylic acids is 1. The molecule has 8 heteroatoms. The van der Waals surface area contributed by atoms with Crippen molar-refractivity contribution in [3.05, 3.63) is 76.9 Å². The van der Waals surface area contributed by atoms with Gasteiger partial charge < -0.3 is 20.4 Å². The summed E-state index contributed by atoms with van der Waals surface area (Å²) in [6.45, 7) is 0. The van der Waals surface area contributed by atoms with Crippen molar-refractivity contribution in [2.75, 3.05) is 0 Å².